The summed E-state index contributed by atoms with van der Waals surface area (Å²) in [5, 5.41) is 16.4. The molecule has 1 amide bonds. The molecule has 0 aliphatic rings. The molecule has 0 spiro atoms. The van der Waals surface area contributed by atoms with E-state index >= 15 is 0 Å². The zero-order chi connectivity index (χ0) is 16.9. The molecule has 2 unspecified atom stereocenters. The molecular formula is C18H30N2O2. The third-order valence-electron chi connectivity index (χ3n) is 4.42. The molecule has 0 fully saturated rings. The van der Waals surface area contributed by atoms with Gasteiger partial charge in [0.1, 0.15) is 0 Å². The van der Waals surface area contributed by atoms with Gasteiger partial charge in [0.05, 0.1) is 5.60 Å². The topological polar surface area (TPSA) is 61.4 Å². The van der Waals surface area contributed by atoms with Crippen LogP contribution in [-0.2, 0) is 4.79 Å². The number of nitrogens with one attached hydrogen (secondary N) is 2. The molecule has 4 nitrogen and oxygen atoms in total. The molecule has 22 heavy (non-hydrogen) atoms. The lowest BCUT2D eigenvalue weighted by Gasteiger charge is -2.29. The lowest BCUT2D eigenvalue weighted by Crippen LogP contribution is -2.45. The number of benzene rings is 1. The number of carbonyl (C=O) groups excluding carboxylic acids is 1. The monoisotopic (exact) mass is 306 g/mol. The fourth-order valence-electron chi connectivity index (χ4n) is 2.02. The summed E-state index contributed by atoms with van der Waals surface area (Å²) in [7, 11) is 0. The summed E-state index contributed by atoms with van der Waals surface area (Å²) in [4.78, 5) is 12.1. The quantitative estimate of drug-likeness (QED) is 0.725. The van der Waals surface area contributed by atoms with Crippen LogP contribution in [0.5, 0.6) is 0 Å². The normalized spacial score (nSPS) is 15.5. The van der Waals surface area contributed by atoms with Crippen LogP contribution in [-0.4, -0.2) is 29.2 Å². The molecule has 0 heterocycles. The first-order valence-corrected chi connectivity index (χ1v) is 7.95. The van der Waals surface area contributed by atoms with Crippen molar-refractivity contribution in [3.05, 3.63) is 29.3 Å². The van der Waals surface area contributed by atoms with Gasteiger partial charge in [-0.1, -0.05) is 26.0 Å². The van der Waals surface area contributed by atoms with Crippen molar-refractivity contribution in [2.45, 2.75) is 59.6 Å². The van der Waals surface area contributed by atoms with Crippen molar-refractivity contribution in [3.8, 4) is 0 Å². The lowest BCUT2D eigenvalue weighted by atomic mass is 9.92. The number of carbonyl (C=O) groups is 1. The first-order chi connectivity index (χ1) is 10.1. The fourth-order valence-corrected chi connectivity index (χ4v) is 2.02. The Morgan fingerprint density at radius 3 is 2.50 bits per heavy atom. The number of aliphatic hydroxyl groups is 1. The summed E-state index contributed by atoms with van der Waals surface area (Å²) < 4.78 is 0. The van der Waals surface area contributed by atoms with Crippen molar-refractivity contribution in [1.29, 1.82) is 0 Å². The lowest BCUT2D eigenvalue weighted by molar-refractivity contribution is -0.116. The van der Waals surface area contributed by atoms with E-state index in [1.165, 1.54) is 0 Å². The summed E-state index contributed by atoms with van der Waals surface area (Å²) in [5.74, 6) is 0.147. The molecule has 124 valence electrons. The second kappa shape index (κ2) is 7.75. The van der Waals surface area contributed by atoms with E-state index in [4.69, 9.17) is 0 Å². The fraction of sp³-hybridized carbons (Fsp3) is 0.611. The highest BCUT2D eigenvalue weighted by Crippen LogP contribution is 2.18. The van der Waals surface area contributed by atoms with Crippen LogP contribution in [0.4, 0.5) is 5.69 Å². The first-order valence-electron chi connectivity index (χ1n) is 7.95. The predicted octanol–water partition coefficient (Wildman–Crippen LogP) is 3.02. The standard InChI is InChI=1S/C18H30N2O2/c1-12(2)18(6,22)11-19-14(4)10-17(21)20-16-9-7-8-13(3)15(16)5/h7-9,12,14,19,22H,10-11H2,1-6H3,(H,20,21). The van der Waals surface area contributed by atoms with Gasteiger partial charge in [-0.15, -0.1) is 0 Å². The number of rotatable bonds is 7. The molecule has 2 atom stereocenters. The highest BCUT2D eigenvalue weighted by molar-refractivity contribution is 5.92. The van der Waals surface area contributed by atoms with Crippen molar-refractivity contribution in [1.82, 2.24) is 5.32 Å². The molecule has 0 aliphatic heterocycles. The van der Waals surface area contributed by atoms with Gasteiger partial charge in [-0.3, -0.25) is 4.79 Å². The SMILES string of the molecule is Cc1cccc(NC(=O)CC(C)NCC(C)(O)C(C)C)c1C. The first kappa shape index (κ1) is 18.7. The molecule has 0 saturated heterocycles. The Bertz CT molecular complexity index is 510. The Morgan fingerprint density at radius 1 is 1.27 bits per heavy atom. The molecule has 0 bridgehead atoms. The molecule has 1 rings (SSSR count). The zero-order valence-electron chi connectivity index (χ0n) is 14.7. The molecule has 0 aromatic heterocycles. The Morgan fingerprint density at radius 2 is 1.91 bits per heavy atom. The van der Waals surface area contributed by atoms with E-state index < -0.39 is 5.60 Å². The zero-order valence-corrected chi connectivity index (χ0v) is 14.7. The number of anilines is 1. The maximum absolute atomic E-state index is 12.1. The molecule has 1 aromatic rings. The van der Waals surface area contributed by atoms with Gasteiger partial charge in [0, 0.05) is 24.7 Å². The van der Waals surface area contributed by atoms with Gasteiger partial charge in [-0.25, -0.2) is 0 Å². The molecule has 3 N–H and O–H groups in total. The Hall–Kier alpha value is -1.39. The van der Waals surface area contributed by atoms with E-state index in [0.717, 1.165) is 16.8 Å². The van der Waals surface area contributed by atoms with Crippen LogP contribution in [0.3, 0.4) is 0 Å². The predicted molar refractivity (Wildman–Crippen MR) is 92.1 cm³/mol. The summed E-state index contributed by atoms with van der Waals surface area (Å²) >= 11 is 0. The maximum atomic E-state index is 12.1. The summed E-state index contributed by atoms with van der Waals surface area (Å²) in [6.45, 7) is 12.3. The van der Waals surface area contributed by atoms with Crippen molar-refractivity contribution < 1.29 is 9.90 Å². The number of hydrogen-bond donors (Lipinski definition) is 3. The molecular weight excluding hydrogens is 276 g/mol. The minimum Gasteiger partial charge on any atom is -0.389 e. The van der Waals surface area contributed by atoms with Crippen LogP contribution in [0.1, 0.15) is 45.2 Å². The van der Waals surface area contributed by atoms with Crippen LogP contribution in [0.15, 0.2) is 18.2 Å². The van der Waals surface area contributed by atoms with Gasteiger partial charge in [-0.2, -0.15) is 0 Å². The van der Waals surface area contributed by atoms with Crippen LogP contribution in [0.25, 0.3) is 0 Å². The van der Waals surface area contributed by atoms with Crippen molar-refractivity contribution >= 4 is 11.6 Å². The van der Waals surface area contributed by atoms with E-state index in [2.05, 4.69) is 10.6 Å². The Labute approximate surface area is 134 Å². The van der Waals surface area contributed by atoms with Crippen LogP contribution in [0, 0.1) is 19.8 Å². The molecule has 0 aliphatic carbocycles. The Kier molecular flexibility index (Phi) is 6.57. The highest BCUT2D eigenvalue weighted by atomic mass is 16.3. The van der Waals surface area contributed by atoms with Crippen LogP contribution in [0.2, 0.25) is 0 Å². The van der Waals surface area contributed by atoms with E-state index in [9.17, 15) is 9.90 Å². The minimum absolute atomic E-state index is 0.00957. The Balaban J connectivity index is 2.50. The van der Waals surface area contributed by atoms with E-state index in [1.807, 2.05) is 59.7 Å². The van der Waals surface area contributed by atoms with E-state index in [1.54, 1.807) is 0 Å². The molecule has 4 heteroatoms. The van der Waals surface area contributed by atoms with Crippen molar-refractivity contribution in [2.24, 2.45) is 5.92 Å². The van der Waals surface area contributed by atoms with Crippen LogP contribution < -0.4 is 10.6 Å². The van der Waals surface area contributed by atoms with E-state index in [-0.39, 0.29) is 17.9 Å². The van der Waals surface area contributed by atoms with Gasteiger partial charge in [0.2, 0.25) is 5.91 Å². The van der Waals surface area contributed by atoms with Gasteiger partial charge >= 0.3 is 0 Å². The van der Waals surface area contributed by atoms with Crippen molar-refractivity contribution in [3.63, 3.8) is 0 Å². The highest BCUT2D eigenvalue weighted by Gasteiger charge is 2.25. The number of hydrogen-bond acceptors (Lipinski definition) is 3. The summed E-state index contributed by atoms with van der Waals surface area (Å²) in [6.07, 6.45) is 0.377. The molecule has 0 radical (unpaired) electrons. The summed E-state index contributed by atoms with van der Waals surface area (Å²) in [6, 6.07) is 5.90. The number of aryl methyl sites for hydroxylation is 1. The molecule has 1 aromatic carbocycles. The number of amides is 1. The largest absolute Gasteiger partial charge is 0.389 e. The van der Waals surface area contributed by atoms with Gasteiger partial charge < -0.3 is 15.7 Å². The maximum Gasteiger partial charge on any atom is 0.225 e. The third-order valence-corrected chi connectivity index (χ3v) is 4.42. The summed E-state index contributed by atoms with van der Waals surface area (Å²) in [5.41, 5.74) is 2.36. The van der Waals surface area contributed by atoms with E-state index in [0.29, 0.717) is 13.0 Å². The van der Waals surface area contributed by atoms with Gasteiger partial charge in [-0.05, 0) is 50.8 Å². The van der Waals surface area contributed by atoms with Crippen LogP contribution >= 0.6 is 0 Å². The second-order valence-electron chi connectivity index (χ2n) is 6.79. The smallest absolute Gasteiger partial charge is 0.225 e. The van der Waals surface area contributed by atoms with Gasteiger partial charge in [0.15, 0.2) is 0 Å². The average molecular weight is 306 g/mol. The molecule has 0 saturated carbocycles. The average Bonchev–Trinajstić information content (AvgIpc) is 2.41. The second-order valence-corrected chi connectivity index (χ2v) is 6.79. The third kappa shape index (κ3) is 5.43. The van der Waals surface area contributed by atoms with Crippen molar-refractivity contribution in [2.75, 3.05) is 11.9 Å². The minimum atomic E-state index is -0.766. The van der Waals surface area contributed by atoms with Gasteiger partial charge in [0.25, 0.3) is 0 Å².